The molecule has 2 rings (SSSR count). The molecule has 3 nitrogen and oxygen atoms in total. The second-order valence-corrected chi connectivity index (χ2v) is 5.22. The van der Waals surface area contributed by atoms with Crippen LogP contribution in [0.15, 0.2) is 30.5 Å². The van der Waals surface area contributed by atoms with E-state index in [-0.39, 0.29) is 0 Å². The van der Waals surface area contributed by atoms with Gasteiger partial charge in [-0.1, -0.05) is 24.6 Å². The third-order valence-corrected chi connectivity index (χ3v) is 3.84. The molecule has 1 atom stereocenters. The highest BCUT2D eigenvalue weighted by molar-refractivity contribution is 6.31. The zero-order chi connectivity index (χ0) is 13.8. The van der Waals surface area contributed by atoms with Gasteiger partial charge in [-0.3, -0.25) is 4.68 Å². The molecule has 1 N–H and O–H groups in total. The number of hydrogen-bond acceptors (Lipinski definition) is 2. The molecule has 0 saturated carbocycles. The fraction of sp³-hybridized carbons (Fsp3) is 0.400. The van der Waals surface area contributed by atoms with Crippen LogP contribution in [0, 0.1) is 6.92 Å². The minimum absolute atomic E-state index is 0.446. The van der Waals surface area contributed by atoms with E-state index in [1.807, 2.05) is 36.0 Å². The van der Waals surface area contributed by atoms with Crippen LogP contribution >= 0.6 is 11.6 Å². The van der Waals surface area contributed by atoms with Crippen molar-refractivity contribution in [2.24, 2.45) is 0 Å². The standard InChI is InChI=1S/C15H20ClN3/c1-4-11(2)19-9-8-13(18-19)10-17-15-7-5-6-14(16)12(15)3/h5-9,11,17H,4,10H2,1-3H3. The van der Waals surface area contributed by atoms with Crippen molar-refractivity contribution >= 4 is 17.3 Å². The van der Waals surface area contributed by atoms with Crippen LogP contribution in [0.1, 0.15) is 37.6 Å². The number of benzene rings is 1. The highest BCUT2D eigenvalue weighted by atomic mass is 35.5. The molecule has 2 aromatic rings. The lowest BCUT2D eigenvalue weighted by atomic mass is 10.2. The average molecular weight is 278 g/mol. The van der Waals surface area contributed by atoms with Crippen molar-refractivity contribution in [3.05, 3.63) is 46.7 Å². The van der Waals surface area contributed by atoms with Crippen LogP contribution in [0.3, 0.4) is 0 Å². The van der Waals surface area contributed by atoms with E-state index in [4.69, 9.17) is 11.6 Å². The smallest absolute Gasteiger partial charge is 0.0815 e. The van der Waals surface area contributed by atoms with Gasteiger partial charge < -0.3 is 5.32 Å². The molecule has 19 heavy (non-hydrogen) atoms. The Morgan fingerprint density at radius 2 is 2.16 bits per heavy atom. The molecular formula is C15H20ClN3. The SMILES string of the molecule is CCC(C)n1ccc(CNc2cccc(Cl)c2C)n1. The Morgan fingerprint density at radius 1 is 1.37 bits per heavy atom. The summed E-state index contributed by atoms with van der Waals surface area (Å²) in [4.78, 5) is 0. The Morgan fingerprint density at radius 3 is 2.89 bits per heavy atom. The first-order valence-corrected chi connectivity index (χ1v) is 7.02. The lowest BCUT2D eigenvalue weighted by molar-refractivity contribution is 0.474. The van der Waals surface area contributed by atoms with Crippen molar-refractivity contribution in [1.29, 1.82) is 0 Å². The summed E-state index contributed by atoms with van der Waals surface area (Å²) >= 11 is 6.10. The van der Waals surface area contributed by atoms with Gasteiger partial charge in [0.1, 0.15) is 0 Å². The fourth-order valence-corrected chi connectivity index (χ4v) is 2.06. The number of hydrogen-bond donors (Lipinski definition) is 1. The Bertz CT molecular complexity index is 548. The third kappa shape index (κ3) is 3.29. The summed E-state index contributed by atoms with van der Waals surface area (Å²) in [6.07, 6.45) is 3.12. The van der Waals surface area contributed by atoms with Crippen LogP contribution in [0.25, 0.3) is 0 Å². The van der Waals surface area contributed by atoms with E-state index in [1.165, 1.54) is 0 Å². The van der Waals surface area contributed by atoms with Gasteiger partial charge in [0, 0.05) is 22.9 Å². The average Bonchev–Trinajstić information content (AvgIpc) is 2.88. The first kappa shape index (κ1) is 13.9. The van der Waals surface area contributed by atoms with Crippen molar-refractivity contribution in [2.75, 3.05) is 5.32 Å². The fourth-order valence-electron chi connectivity index (χ4n) is 1.89. The van der Waals surface area contributed by atoms with Crippen molar-refractivity contribution < 1.29 is 0 Å². The molecule has 0 spiro atoms. The summed E-state index contributed by atoms with van der Waals surface area (Å²) in [5, 5.41) is 8.74. The quantitative estimate of drug-likeness (QED) is 0.876. The topological polar surface area (TPSA) is 29.9 Å². The van der Waals surface area contributed by atoms with E-state index in [9.17, 15) is 0 Å². The monoisotopic (exact) mass is 277 g/mol. The molecule has 0 bridgehead atoms. The van der Waals surface area contributed by atoms with E-state index >= 15 is 0 Å². The van der Waals surface area contributed by atoms with Crippen LogP contribution in [-0.2, 0) is 6.54 Å². The molecule has 0 saturated heterocycles. The van der Waals surface area contributed by atoms with Gasteiger partial charge in [0.2, 0.25) is 0 Å². The molecular weight excluding hydrogens is 258 g/mol. The number of nitrogens with zero attached hydrogens (tertiary/aromatic N) is 2. The molecule has 1 aromatic carbocycles. The molecule has 1 aromatic heterocycles. The number of nitrogens with one attached hydrogen (secondary N) is 1. The van der Waals surface area contributed by atoms with E-state index in [1.54, 1.807) is 0 Å². The van der Waals surface area contributed by atoms with Crippen LogP contribution < -0.4 is 5.32 Å². The van der Waals surface area contributed by atoms with Crippen molar-refractivity contribution in [1.82, 2.24) is 9.78 Å². The molecule has 0 aliphatic carbocycles. The number of rotatable bonds is 5. The van der Waals surface area contributed by atoms with Gasteiger partial charge in [-0.25, -0.2) is 0 Å². The molecule has 0 radical (unpaired) electrons. The Hall–Kier alpha value is -1.48. The maximum atomic E-state index is 6.10. The Balaban J connectivity index is 2.02. The molecule has 0 fully saturated rings. The van der Waals surface area contributed by atoms with E-state index in [2.05, 4.69) is 30.3 Å². The maximum absolute atomic E-state index is 6.10. The summed E-state index contributed by atoms with van der Waals surface area (Å²) in [6.45, 7) is 7.07. The zero-order valence-electron chi connectivity index (χ0n) is 11.7. The van der Waals surface area contributed by atoms with Gasteiger partial charge in [0.05, 0.1) is 12.2 Å². The zero-order valence-corrected chi connectivity index (χ0v) is 12.4. The number of anilines is 1. The normalized spacial score (nSPS) is 12.4. The van der Waals surface area contributed by atoms with E-state index in [0.29, 0.717) is 12.6 Å². The molecule has 102 valence electrons. The minimum Gasteiger partial charge on any atom is -0.379 e. The summed E-state index contributed by atoms with van der Waals surface area (Å²) < 4.78 is 2.02. The van der Waals surface area contributed by atoms with Crippen LogP contribution in [0.2, 0.25) is 5.02 Å². The Kier molecular flexibility index (Phi) is 4.48. The lowest BCUT2D eigenvalue weighted by Gasteiger charge is -2.10. The van der Waals surface area contributed by atoms with E-state index < -0.39 is 0 Å². The van der Waals surface area contributed by atoms with Gasteiger partial charge in [-0.2, -0.15) is 5.10 Å². The second kappa shape index (κ2) is 6.11. The Labute approximate surface area is 119 Å². The molecule has 0 aliphatic heterocycles. The largest absolute Gasteiger partial charge is 0.379 e. The highest BCUT2D eigenvalue weighted by Gasteiger charge is 2.06. The molecule has 0 amide bonds. The van der Waals surface area contributed by atoms with Crippen LogP contribution in [-0.4, -0.2) is 9.78 Å². The number of halogens is 1. The lowest BCUT2D eigenvalue weighted by Crippen LogP contribution is -2.07. The summed E-state index contributed by atoms with van der Waals surface area (Å²) in [6, 6.07) is 8.39. The van der Waals surface area contributed by atoms with Gasteiger partial charge in [0.15, 0.2) is 0 Å². The predicted molar refractivity (Wildman–Crippen MR) is 80.7 cm³/mol. The molecule has 1 heterocycles. The maximum Gasteiger partial charge on any atom is 0.0815 e. The first-order chi connectivity index (χ1) is 9.11. The summed E-state index contributed by atoms with van der Waals surface area (Å²) in [5.74, 6) is 0. The van der Waals surface area contributed by atoms with Gasteiger partial charge >= 0.3 is 0 Å². The van der Waals surface area contributed by atoms with Gasteiger partial charge in [-0.15, -0.1) is 0 Å². The van der Waals surface area contributed by atoms with E-state index in [0.717, 1.165) is 28.4 Å². The van der Waals surface area contributed by atoms with Crippen molar-refractivity contribution in [3.63, 3.8) is 0 Å². The highest BCUT2D eigenvalue weighted by Crippen LogP contribution is 2.23. The minimum atomic E-state index is 0.446. The second-order valence-electron chi connectivity index (χ2n) is 4.81. The number of aromatic nitrogens is 2. The van der Waals surface area contributed by atoms with Crippen molar-refractivity contribution in [3.8, 4) is 0 Å². The molecule has 0 aliphatic rings. The first-order valence-electron chi connectivity index (χ1n) is 6.64. The predicted octanol–water partition coefficient (Wildman–Crippen LogP) is 4.43. The van der Waals surface area contributed by atoms with Gasteiger partial charge in [0.25, 0.3) is 0 Å². The third-order valence-electron chi connectivity index (χ3n) is 3.43. The summed E-state index contributed by atoms with van der Waals surface area (Å²) in [7, 11) is 0. The van der Waals surface area contributed by atoms with Gasteiger partial charge in [-0.05, 0) is 44.0 Å². The summed E-state index contributed by atoms with van der Waals surface area (Å²) in [5.41, 5.74) is 3.18. The molecule has 4 heteroatoms. The molecule has 1 unspecified atom stereocenters. The van der Waals surface area contributed by atoms with Crippen molar-refractivity contribution in [2.45, 2.75) is 39.8 Å². The van der Waals surface area contributed by atoms with Crippen LogP contribution in [0.5, 0.6) is 0 Å². The van der Waals surface area contributed by atoms with Crippen LogP contribution in [0.4, 0.5) is 5.69 Å².